The van der Waals surface area contributed by atoms with Crippen LogP contribution in [0.2, 0.25) is 0 Å². The average molecular weight is 475 g/mol. The molecule has 4 unspecified atom stereocenters. The molecule has 0 radical (unpaired) electrons. The van der Waals surface area contributed by atoms with Gasteiger partial charge >= 0.3 is 12.1 Å². The van der Waals surface area contributed by atoms with Gasteiger partial charge in [0.15, 0.2) is 0 Å². The highest BCUT2D eigenvalue weighted by Gasteiger charge is 2.65. The van der Waals surface area contributed by atoms with Crippen LogP contribution in [0.3, 0.4) is 0 Å². The van der Waals surface area contributed by atoms with Gasteiger partial charge in [-0.25, -0.2) is 9.59 Å². The number of carboxylic acid groups (broad SMARTS) is 1. The van der Waals surface area contributed by atoms with Crippen molar-refractivity contribution < 1.29 is 24.2 Å². The molecule has 3 aliphatic rings. The summed E-state index contributed by atoms with van der Waals surface area (Å²) in [5.41, 5.74) is 4.08. The van der Waals surface area contributed by atoms with E-state index in [0.717, 1.165) is 17.5 Å². The molecule has 0 bridgehead atoms. The van der Waals surface area contributed by atoms with Crippen molar-refractivity contribution in [2.75, 3.05) is 6.61 Å². The number of aliphatic carboxylic acids is 1. The van der Waals surface area contributed by atoms with Crippen molar-refractivity contribution in [1.82, 2.24) is 10.6 Å². The predicted octanol–water partition coefficient (Wildman–Crippen LogP) is 4.23. The Hall–Kier alpha value is -3.61. The van der Waals surface area contributed by atoms with Crippen molar-refractivity contribution in [3.05, 3.63) is 72.3 Å². The summed E-state index contributed by atoms with van der Waals surface area (Å²) in [6, 6.07) is 15.3. The number of carbonyl (C=O) groups excluding carboxylic acids is 2. The highest BCUT2D eigenvalue weighted by atomic mass is 16.5. The molecule has 0 heterocycles. The number of nitrogens with one attached hydrogen (secondary N) is 2. The molecule has 2 saturated carbocycles. The summed E-state index contributed by atoms with van der Waals surface area (Å²) in [5.74, 6) is -1.11. The standard InChI is InChI=1S/C28H30N2O5/c1-2-3-12-24(25(31)32)30-26(33)28-14-17(28)13-18(15-28)29-27(34)35-16-23-21-10-6-4-8-19(21)20-9-5-7-11-22(20)23/h2,4-11,17-18,23-24H,1,3,12-16H2,(H,29,34)(H,30,33)(H,31,32). The van der Waals surface area contributed by atoms with Crippen LogP contribution in [0.15, 0.2) is 61.2 Å². The second-order valence-corrected chi connectivity index (χ2v) is 9.89. The molecule has 0 aromatic heterocycles. The topological polar surface area (TPSA) is 105 Å². The van der Waals surface area contributed by atoms with Gasteiger partial charge in [0.2, 0.25) is 5.91 Å². The molecule has 2 aromatic rings. The number of alkyl carbamates (subject to hydrolysis) is 1. The monoisotopic (exact) mass is 474 g/mol. The summed E-state index contributed by atoms with van der Waals surface area (Å²) in [4.78, 5) is 37.0. The van der Waals surface area contributed by atoms with Crippen molar-refractivity contribution in [3.8, 4) is 11.1 Å². The normalized spacial score (nSPS) is 24.5. The Morgan fingerprint density at radius 3 is 2.37 bits per heavy atom. The third kappa shape index (κ3) is 4.31. The fourth-order valence-corrected chi connectivity index (χ4v) is 5.94. The molecule has 35 heavy (non-hydrogen) atoms. The van der Waals surface area contributed by atoms with Crippen LogP contribution in [-0.4, -0.2) is 41.8 Å². The molecule has 7 heteroatoms. The van der Waals surface area contributed by atoms with Gasteiger partial charge in [-0.3, -0.25) is 4.79 Å². The Labute approximate surface area is 204 Å². The van der Waals surface area contributed by atoms with Gasteiger partial charge in [0.05, 0.1) is 5.41 Å². The Morgan fingerprint density at radius 2 is 1.74 bits per heavy atom. The second kappa shape index (κ2) is 9.21. The third-order valence-electron chi connectivity index (χ3n) is 7.79. The van der Waals surface area contributed by atoms with E-state index < -0.39 is 23.5 Å². The maximum atomic E-state index is 12.9. The highest BCUT2D eigenvalue weighted by molar-refractivity contribution is 5.90. The summed E-state index contributed by atoms with van der Waals surface area (Å²) >= 11 is 0. The molecule has 2 fully saturated rings. The van der Waals surface area contributed by atoms with Crippen LogP contribution in [0.4, 0.5) is 4.79 Å². The number of amides is 2. The molecule has 0 spiro atoms. The van der Waals surface area contributed by atoms with Gasteiger partial charge in [-0.15, -0.1) is 6.58 Å². The van der Waals surface area contributed by atoms with Crippen molar-refractivity contribution >= 4 is 18.0 Å². The van der Waals surface area contributed by atoms with Gasteiger partial charge in [0.1, 0.15) is 12.6 Å². The van der Waals surface area contributed by atoms with Gasteiger partial charge in [-0.05, 0) is 60.3 Å². The Kier molecular flexibility index (Phi) is 6.09. The van der Waals surface area contributed by atoms with E-state index in [0.29, 0.717) is 25.7 Å². The van der Waals surface area contributed by atoms with Crippen LogP contribution in [0.25, 0.3) is 11.1 Å². The first kappa shape index (κ1) is 23.1. The minimum Gasteiger partial charge on any atom is -0.480 e. The second-order valence-electron chi connectivity index (χ2n) is 9.89. The van der Waals surface area contributed by atoms with E-state index in [9.17, 15) is 19.5 Å². The zero-order chi connectivity index (χ0) is 24.6. The molecule has 2 aromatic carbocycles. The number of hydrogen-bond donors (Lipinski definition) is 3. The Bertz CT molecular complexity index is 1130. The zero-order valence-electron chi connectivity index (χ0n) is 19.5. The molecule has 0 saturated heterocycles. The number of rotatable bonds is 9. The molecule has 3 N–H and O–H groups in total. The number of allylic oxidation sites excluding steroid dienone is 1. The summed E-state index contributed by atoms with van der Waals surface area (Å²) < 4.78 is 5.65. The van der Waals surface area contributed by atoms with Gasteiger partial charge in [-0.1, -0.05) is 54.6 Å². The van der Waals surface area contributed by atoms with E-state index in [-0.39, 0.29) is 30.4 Å². The molecular formula is C28H30N2O5. The van der Waals surface area contributed by atoms with E-state index in [2.05, 4.69) is 41.5 Å². The quantitative estimate of drug-likeness (QED) is 0.472. The number of hydrogen-bond acceptors (Lipinski definition) is 4. The Balaban J connectivity index is 1.16. The van der Waals surface area contributed by atoms with E-state index in [1.165, 1.54) is 11.1 Å². The molecule has 182 valence electrons. The van der Waals surface area contributed by atoms with E-state index >= 15 is 0 Å². The number of ether oxygens (including phenoxy) is 1. The van der Waals surface area contributed by atoms with E-state index in [1.807, 2.05) is 24.3 Å². The fraction of sp³-hybridized carbons (Fsp3) is 0.393. The minimum atomic E-state index is -1.04. The van der Waals surface area contributed by atoms with Crippen LogP contribution in [0.1, 0.15) is 49.1 Å². The fourth-order valence-electron chi connectivity index (χ4n) is 5.94. The summed E-state index contributed by atoms with van der Waals surface area (Å²) in [5, 5.41) is 15.0. The Morgan fingerprint density at radius 1 is 1.09 bits per heavy atom. The molecule has 0 aliphatic heterocycles. The van der Waals surface area contributed by atoms with Gasteiger partial charge in [-0.2, -0.15) is 0 Å². The summed E-state index contributed by atoms with van der Waals surface area (Å²) in [7, 11) is 0. The molecule has 2 amide bonds. The van der Waals surface area contributed by atoms with Gasteiger partial charge < -0.3 is 20.5 Å². The number of carbonyl (C=O) groups is 3. The first-order valence-corrected chi connectivity index (χ1v) is 12.2. The van der Waals surface area contributed by atoms with Crippen LogP contribution in [0.5, 0.6) is 0 Å². The molecule has 4 atom stereocenters. The van der Waals surface area contributed by atoms with Crippen molar-refractivity contribution in [3.63, 3.8) is 0 Å². The summed E-state index contributed by atoms with van der Waals surface area (Å²) in [6.07, 6.45) is 3.92. The highest BCUT2D eigenvalue weighted by Crippen LogP contribution is 2.63. The smallest absolute Gasteiger partial charge is 0.407 e. The lowest BCUT2D eigenvalue weighted by Gasteiger charge is -2.21. The lowest BCUT2D eigenvalue weighted by molar-refractivity contribution is -0.143. The van der Waals surface area contributed by atoms with Crippen LogP contribution >= 0.6 is 0 Å². The predicted molar refractivity (Wildman–Crippen MR) is 131 cm³/mol. The number of benzene rings is 2. The van der Waals surface area contributed by atoms with Crippen molar-refractivity contribution in [2.45, 2.75) is 50.1 Å². The number of fused-ring (bicyclic) bond motifs is 4. The molecular weight excluding hydrogens is 444 g/mol. The SMILES string of the molecule is C=CCCC(NC(=O)C12CC(NC(=O)OCC3c4ccccc4-c4ccccc43)CC1C2)C(=O)O. The maximum absolute atomic E-state index is 12.9. The average Bonchev–Trinajstić information content (AvgIpc) is 3.28. The maximum Gasteiger partial charge on any atom is 0.407 e. The van der Waals surface area contributed by atoms with E-state index in [1.54, 1.807) is 6.08 Å². The molecule has 3 aliphatic carbocycles. The lowest BCUT2D eigenvalue weighted by Crippen LogP contribution is -2.45. The first-order chi connectivity index (χ1) is 16.9. The van der Waals surface area contributed by atoms with Crippen LogP contribution < -0.4 is 10.6 Å². The van der Waals surface area contributed by atoms with Gasteiger partial charge in [0.25, 0.3) is 0 Å². The van der Waals surface area contributed by atoms with Crippen LogP contribution in [0, 0.1) is 11.3 Å². The van der Waals surface area contributed by atoms with Crippen LogP contribution in [-0.2, 0) is 14.3 Å². The largest absolute Gasteiger partial charge is 0.480 e. The zero-order valence-corrected chi connectivity index (χ0v) is 19.5. The lowest BCUT2D eigenvalue weighted by atomic mass is 9.98. The van der Waals surface area contributed by atoms with Crippen molar-refractivity contribution in [2.24, 2.45) is 11.3 Å². The molecule has 5 rings (SSSR count). The summed E-state index contributed by atoms with van der Waals surface area (Å²) in [6.45, 7) is 3.85. The minimum absolute atomic E-state index is 0.00855. The first-order valence-electron chi connectivity index (χ1n) is 12.2. The van der Waals surface area contributed by atoms with Crippen molar-refractivity contribution in [1.29, 1.82) is 0 Å². The molecule has 7 nitrogen and oxygen atoms in total. The van der Waals surface area contributed by atoms with Gasteiger partial charge in [0, 0.05) is 12.0 Å². The number of carboxylic acids is 1. The third-order valence-corrected chi connectivity index (χ3v) is 7.79. The van der Waals surface area contributed by atoms with E-state index in [4.69, 9.17) is 4.74 Å².